The lowest BCUT2D eigenvalue weighted by Crippen LogP contribution is -2.66. The molecule has 96 valence electrons. The minimum Gasteiger partial charge on any atom is -0.340 e. The number of piperazine rings is 1. The number of halogens is 1. The summed E-state index contributed by atoms with van der Waals surface area (Å²) in [5, 5.41) is 2.82. The molecule has 5 heteroatoms. The van der Waals surface area contributed by atoms with Crippen LogP contribution in [0.1, 0.15) is 33.6 Å². The monoisotopic (exact) mass is 258 g/mol. The molecule has 17 heavy (non-hydrogen) atoms. The number of rotatable bonds is 4. The molecule has 0 aromatic rings. The van der Waals surface area contributed by atoms with Crippen LogP contribution >= 0.6 is 11.6 Å². The fourth-order valence-electron chi connectivity index (χ4n) is 2.10. The summed E-state index contributed by atoms with van der Waals surface area (Å²) in [7, 11) is 0. The summed E-state index contributed by atoms with van der Waals surface area (Å²) in [4.78, 5) is 25.6. The highest BCUT2D eigenvalue weighted by Gasteiger charge is 2.43. The van der Waals surface area contributed by atoms with E-state index in [1.54, 1.807) is 4.90 Å². The highest BCUT2D eigenvalue weighted by molar-refractivity contribution is 6.25. The van der Waals surface area contributed by atoms with Gasteiger partial charge in [0.15, 0.2) is 0 Å². The van der Waals surface area contributed by atoms with Crippen LogP contribution in [-0.4, -0.2) is 35.3 Å². The first-order chi connectivity index (χ1) is 7.99. The highest BCUT2D eigenvalue weighted by Crippen LogP contribution is 2.22. The lowest BCUT2D eigenvalue weighted by atomic mass is 9.89. The molecule has 0 aromatic carbocycles. The van der Waals surface area contributed by atoms with Crippen LogP contribution in [0.5, 0.6) is 0 Å². The highest BCUT2D eigenvalue weighted by atomic mass is 35.5. The number of nitrogens with zero attached hydrogens (tertiary/aromatic N) is 1. The van der Waals surface area contributed by atoms with Crippen LogP contribution in [0, 0.1) is 0 Å². The largest absolute Gasteiger partial charge is 0.340 e. The molecule has 1 saturated heterocycles. The normalized spacial score (nSPS) is 20.5. The Bertz CT molecular complexity index is 348. The number of nitrogens with one attached hydrogen (secondary N) is 1. The molecule has 0 aromatic heterocycles. The van der Waals surface area contributed by atoms with Gasteiger partial charge in [-0.2, -0.15) is 0 Å². The molecule has 1 N–H and O–H groups in total. The summed E-state index contributed by atoms with van der Waals surface area (Å²) in [5.74, 6) is -0.115. The van der Waals surface area contributed by atoms with Crippen LogP contribution in [0.2, 0.25) is 0 Å². The van der Waals surface area contributed by atoms with Crippen molar-refractivity contribution in [3.63, 3.8) is 0 Å². The van der Waals surface area contributed by atoms with Crippen molar-refractivity contribution in [1.82, 2.24) is 10.2 Å². The topological polar surface area (TPSA) is 49.4 Å². The maximum Gasteiger partial charge on any atom is 0.249 e. The van der Waals surface area contributed by atoms with E-state index in [2.05, 4.69) is 5.32 Å². The molecule has 0 saturated carbocycles. The van der Waals surface area contributed by atoms with Crippen molar-refractivity contribution in [2.75, 3.05) is 13.1 Å². The SMILES string of the molecule is CCC1(CC)NC(=O)CN(CC(C)=CCl)C1=O. The van der Waals surface area contributed by atoms with Crippen molar-refractivity contribution in [1.29, 1.82) is 0 Å². The summed E-state index contributed by atoms with van der Waals surface area (Å²) < 4.78 is 0. The summed E-state index contributed by atoms with van der Waals surface area (Å²) in [6.45, 7) is 6.19. The first kappa shape index (κ1) is 14.0. The Labute approximate surface area is 107 Å². The van der Waals surface area contributed by atoms with E-state index in [0.29, 0.717) is 19.4 Å². The van der Waals surface area contributed by atoms with Gasteiger partial charge in [0.25, 0.3) is 0 Å². The van der Waals surface area contributed by atoms with Gasteiger partial charge in [-0.3, -0.25) is 9.59 Å². The smallest absolute Gasteiger partial charge is 0.249 e. The van der Waals surface area contributed by atoms with Gasteiger partial charge in [0.1, 0.15) is 5.54 Å². The zero-order valence-corrected chi connectivity index (χ0v) is 11.3. The van der Waals surface area contributed by atoms with Gasteiger partial charge in [-0.1, -0.05) is 25.4 Å². The van der Waals surface area contributed by atoms with Crippen molar-refractivity contribution in [3.8, 4) is 0 Å². The lowest BCUT2D eigenvalue weighted by molar-refractivity contribution is -0.149. The molecule has 0 unspecified atom stereocenters. The molecule has 2 amide bonds. The second-order valence-corrected chi connectivity index (χ2v) is 4.67. The minimum atomic E-state index is -0.734. The molecule has 1 fully saturated rings. The van der Waals surface area contributed by atoms with Gasteiger partial charge in [-0.05, 0) is 25.3 Å². The van der Waals surface area contributed by atoms with E-state index in [1.807, 2.05) is 20.8 Å². The van der Waals surface area contributed by atoms with E-state index in [9.17, 15) is 9.59 Å². The maximum absolute atomic E-state index is 12.3. The fraction of sp³-hybridized carbons (Fsp3) is 0.667. The molecular weight excluding hydrogens is 240 g/mol. The molecule has 1 rings (SSSR count). The lowest BCUT2D eigenvalue weighted by Gasteiger charge is -2.41. The van der Waals surface area contributed by atoms with Crippen LogP contribution in [0.15, 0.2) is 11.1 Å². The first-order valence-corrected chi connectivity index (χ1v) is 6.29. The average molecular weight is 259 g/mol. The van der Waals surface area contributed by atoms with Crippen molar-refractivity contribution in [3.05, 3.63) is 11.1 Å². The van der Waals surface area contributed by atoms with E-state index < -0.39 is 5.54 Å². The second kappa shape index (κ2) is 5.54. The van der Waals surface area contributed by atoms with E-state index in [-0.39, 0.29) is 18.4 Å². The average Bonchev–Trinajstić information content (AvgIpc) is 2.33. The molecule has 0 spiro atoms. The second-order valence-electron chi connectivity index (χ2n) is 4.45. The van der Waals surface area contributed by atoms with Crippen molar-refractivity contribution < 1.29 is 9.59 Å². The number of carbonyl (C=O) groups excluding carboxylic acids is 2. The molecule has 1 heterocycles. The number of amides is 2. The van der Waals surface area contributed by atoms with Crippen molar-refractivity contribution in [2.24, 2.45) is 0 Å². The summed E-state index contributed by atoms with van der Waals surface area (Å²) in [6.07, 6.45) is 1.21. The Balaban J connectivity index is 2.93. The van der Waals surface area contributed by atoms with Gasteiger partial charge in [-0.15, -0.1) is 0 Å². The molecule has 0 aliphatic carbocycles. The van der Waals surface area contributed by atoms with Gasteiger partial charge < -0.3 is 10.2 Å². The third kappa shape index (κ3) is 2.80. The van der Waals surface area contributed by atoms with E-state index in [4.69, 9.17) is 11.6 Å². The molecule has 0 bridgehead atoms. The molecule has 4 nitrogen and oxygen atoms in total. The van der Waals surface area contributed by atoms with Crippen LogP contribution in [0.4, 0.5) is 0 Å². The standard InChI is InChI=1S/C12H19ClN2O2/c1-4-12(5-2)11(17)15(7-9(3)6-13)8-10(16)14-12/h6H,4-5,7-8H2,1-3H3,(H,14,16). The molecule has 0 atom stereocenters. The molecule has 1 aliphatic heterocycles. The van der Waals surface area contributed by atoms with Crippen LogP contribution in [-0.2, 0) is 9.59 Å². The number of hydrogen-bond donors (Lipinski definition) is 1. The molecule has 0 radical (unpaired) electrons. The Morgan fingerprint density at radius 2 is 2.06 bits per heavy atom. The Kier molecular flexibility index (Phi) is 4.57. The predicted molar refractivity (Wildman–Crippen MR) is 67.6 cm³/mol. The molecule has 1 aliphatic rings. The zero-order valence-electron chi connectivity index (χ0n) is 10.5. The van der Waals surface area contributed by atoms with Crippen molar-refractivity contribution in [2.45, 2.75) is 39.2 Å². The fourth-order valence-corrected chi connectivity index (χ4v) is 2.17. The summed E-state index contributed by atoms with van der Waals surface area (Å²) >= 11 is 5.59. The number of hydrogen-bond acceptors (Lipinski definition) is 2. The Morgan fingerprint density at radius 1 is 1.47 bits per heavy atom. The summed E-state index contributed by atoms with van der Waals surface area (Å²) in [6, 6.07) is 0. The predicted octanol–water partition coefficient (Wildman–Crippen LogP) is 1.65. The van der Waals surface area contributed by atoms with Gasteiger partial charge in [0.2, 0.25) is 11.8 Å². The van der Waals surface area contributed by atoms with Crippen LogP contribution in [0.25, 0.3) is 0 Å². The van der Waals surface area contributed by atoms with Crippen LogP contribution < -0.4 is 5.32 Å². The quantitative estimate of drug-likeness (QED) is 0.834. The van der Waals surface area contributed by atoms with Gasteiger partial charge in [0, 0.05) is 12.1 Å². The van der Waals surface area contributed by atoms with E-state index >= 15 is 0 Å². The summed E-state index contributed by atoms with van der Waals surface area (Å²) in [5.41, 5.74) is 1.58. The van der Waals surface area contributed by atoms with E-state index in [0.717, 1.165) is 5.57 Å². The van der Waals surface area contributed by atoms with E-state index in [1.165, 1.54) is 5.54 Å². The Hall–Kier alpha value is -1.03. The minimum absolute atomic E-state index is 0.0139. The van der Waals surface area contributed by atoms with Crippen molar-refractivity contribution >= 4 is 23.4 Å². The van der Waals surface area contributed by atoms with Gasteiger partial charge in [-0.25, -0.2) is 0 Å². The van der Waals surface area contributed by atoms with Gasteiger partial charge in [0.05, 0.1) is 6.54 Å². The molecular formula is C12H19ClN2O2. The number of carbonyl (C=O) groups is 2. The third-order valence-electron chi connectivity index (χ3n) is 3.24. The first-order valence-electron chi connectivity index (χ1n) is 5.85. The Morgan fingerprint density at radius 3 is 2.53 bits per heavy atom. The van der Waals surface area contributed by atoms with Crippen LogP contribution in [0.3, 0.4) is 0 Å². The van der Waals surface area contributed by atoms with Gasteiger partial charge >= 0.3 is 0 Å². The zero-order chi connectivity index (χ0) is 13.1. The maximum atomic E-state index is 12.3. The third-order valence-corrected chi connectivity index (χ3v) is 3.62.